The Bertz CT molecular complexity index is 1150. The number of fused-ring (bicyclic) bond motifs is 8. The number of methoxy groups -OCH3 is 1. The molecule has 6 atom stereocenters. The van der Waals surface area contributed by atoms with Crippen molar-refractivity contribution in [3.8, 4) is 5.75 Å². The van der Waals surface area contributed by atoms with Gasteiger partial charge in [-0.1, -0.05) is 16.8 Å². The van der Waals surface area contributed by atoms with Gasteiger partial charge in [0.1, 0.15) is 17.7 Å². The quantitative estimate of drug-likeness (QED) is 0.683. The molecular formula is C23H18ClFN2O4. The van der Waals surface area contributed by atoms with Crippen LogP contribution in [-0.2, 0) is 14.4 Å². The van der Waals surface area contributed by atoms with Gasteiger partial charge in [0.25, 0.3) is 0 Å². The number of imide groups is 1. The lowest BCUT2D eigenvalue weighted by molar-refractivity contribution is -0.125. The monoisotopic (exact) mass is 440 g/mol. The molecule has 2 aliphatic heterocycles. The lowest BCUT2D eigenvalue weighted by Crippen LogP contribution is -2.41. The second-order valence-corrected chi connectivity index (χ2v) is 8.93. The average Bonchev–Trinajstić information content (AvgIpc) is 3.51. The van der Waals surface area contributed by atoms with Gasteiger partial charge in [0, 0.05) is 17.4 Å². The van der Waals surface area contributed by atoms with Gasteiger partial charge in [0.15, 0.2) is 0 Å². The lowest BCUT2D eigenvalue weighted by Gasteiger charge is -2.29. The third-order valence-electron chi connectivity index (χ3n) is 7.24. The van der Waals surface area contributed by atoms with Gasteiger partial charge in [-0.3, -0.25) is 9.59 Å². The molecular weight excluding hydrogens is 423 g/mol. The first-order chi connectivity index (χ1) is 15.0. The molecule has 3 fully saturated rings. The van der Waals surface area contributed by atoms with Crippen LogP contribution in [0.25, 0.3) is 0 Å². The van der Waals surface area contributed by atoms with Crippen molar-refractivity contribution in [1.82, 2.24) is 0 Å². The summed E-state index contributed by atoms with van der Waals surface area (Å²) in [4.78, 5) is 33.6. The van der Waals surface area contributed by atoms with Crippen molar-refractivity contribution < 1.29 is 23.6 Å². The summed E-state index contributed by atoms with van der Waals surface area (Å²) in [5, 5.41) is 4.22. The minimum Gasteiger partial charge on any atom is -0.497 e. The van der Waals surface area contributed by atoms with Crippen molar-refractivity contribution in [2.75, 3.05) is 12.0 Å². The fourth-order valence-corrected chi connectivity index (χ4v) is 6.18. The number of nitrogens with zero attached hydrogens (tertiary/aromatic N) is 2. The summed E-state index contributed by atoms with van der Waals surface area (Å²) in [5.41, 5.74) is 2.06. The van der Waals surface area contributed by atoms with Gasteiger partial charge in [0.2, 0.25) is 11.8 Å². The van der Waals surface area contributed by atoms with E-state index in [2.05, 4.69) is 5.16 Å². The van der Waals surface area contributed by atoms with E-state index in [1.807, 2.05) is 24.3 Å². The summed E-state index contributed by atoms with van der Waals surface area (Å²) >= 11 is 5.90. The van der Waals surface area contributed by atoms with E-state index in [1.165, 1.54) is 23.1 Å². The van der Waals surface area contributed by atoms with Crippen LogP contribution in [0.5, 0.6) is 5.75 Å². The first kappa shape index (κ1) is 18.8. The third-order valence-corrected chi connectivity index (χ3v) is 7.53. The van der Waals surface area contributed by atoms with Crippen molar-refractivity contribution in [2.24, 2.45) is 34.7 Å². The van der Waals surface area contributed by atoms with E-state index >= 15 is 0 Å². The van der Waals surface area contributed by atoms with Crippen molar-refractivity contribution >= 4 is 34.8 Å². The molecule has 8 heteroatoms. The number of ether oxygens (including phenoxy) is 1. The average molecular weight is 441 g/mol. The highest BCUT2D eigenvalue weighted by molar-refractivity contribution is 6.31. The van der Waals surface area contributed by atoms with Crippen molar-refractivity contribution in [1.29, 1.82) is 0 Å². The van der Waals surface area contributed by atoms with Gasteiger partial charge in [-0.05, 0) is 54.8 Å². The molecule has 2 bridgehead atoms. The minimum absolute atomic E-state index is 0.0271. The number of amides is 2. The van der Waals surface area contributed by atoms with Crippen molar-refractivity contribution in [2.45, 2.75) is 12.5 Å². The van der Waals surface area contributed by atoms with Gasteiger partial charge in [0.05, 0.1) is 35.4 Å². The first-order valence-electron chi connectivity index (χ1n) is 10.2. The van der Waals surface area contributed by atoms with E-state index in [0.717, 1.165) is 23.4 Å². The molecule has 0 spiro atoms. The smallest absolute Gasteiger partial charge is 0.238 e. The van der Waals surface area contributed by atoms with Crippen LogP contribution in [0.3, 0.4) is 0 Å². The lowest BCUT2D eigenvalue weighted by atomic mass is 9.71. The fraction of sp³-hybridized carbons (Fsp3) is 0.348. The Kier molecular flexibility index (Phi) is 3.96. The number of carbonyl (C=O) groups excluding carboxylic acids is 2. The number of rotatable bonds is 3. The molecule has 6 rings (SSSR count). The van der Waals surface area contributed by atoms with Gasteiger partial charge in [-0.25, -0.2) is 9.29 Å². The molecule has 2 heterocycles. The molecule has 158 valence electrons. The normalized spacial score (nSPS) is 32.7. The van der Waals surface area contributed by atoms with Crippen LogP contribution in [0.4, 0.5) is 10.1 Å². The second-order valence-electron chi connectivity index (χ2n) is 8.53. The van der Waals surface area contributed by atoms with Crippen molar-refractivity contribution in [3.05, 3.63) is 58.9 Å². The Labute approximate surface area is 182 Å². The van der Waals surface area contributed by atoms with E-state index in [-0.39, 0.29) is 40.7 Å². The molecule has 2 aromatic carbocycles. The number of hydrogen-bond donors (Lipinski definition) is 0. The molecule has 31 heavy (non-hydrogen) atoms. The zero-order valence-electron chi connectivity index (χ0n) is 16.5. The molecule has 4 aliphatic rings. The molecule has 2 saturated carbocycles. The molecule has 0 unspecified atom stereocenters. The number of carbonyl (C=O) groups is 2. The van der Waals surface area contributed by atoms with Gasteiger partial charge in [-0.15, -0.1) is 0 Å². The van der Waals surface area contributed by atoms with Crippen LogP contribution in [0.2, 0.25) is 5.02 Å². The Balaban J connectivity index is 1.33. The SMILES string of the molecule is COc1ccc(C2=NO[C@H]3[C@H]4C[C@@H]([C@@H]23)[C@@H]2C(=O)N(c3ccc(F)c(Cl)c3)C(=O)[C@H]42)cc1. The Morgan fingerprint density at radius 2 is 1.77 bits per heavy atom. The summed E-state index contributed by atoms with van der Waals surface area (Å²) in [6, 6.07) is 11.5. The molecule has 6 nitrogen and oxygen atoms in total. The summed E-state index contributed by atoms with van der Waals surface area (Å²) in [7, 11) is 1.61. The number of benzene rings is 2. The van der Waals surface area contributed by atoms with Crippen LogP contribution < -0.4 is 9.64 Å². The van der Waals surface area contributed by atoms with E-state index in [1.54, 1.807) is 7.11 Å². The molecule has 0 N–H and O–H groups in total. The fourth-order valence-electron chi connectivity index (χ4n) is 6.00. The highest BCUT2D eigenvalue weighted by Gasteiger charge is 2.70. The number of anilines is 1. The molecule has 2 amide bonds. The van der Waals surface area contributed by atoms with Crippen molar-refractivity contribution in [3.63, 3.8) is 0 Å². The predicted molar refractivity (Wildman–Crippen MR) is 110 cm³/mol. The highest BCUT2D eigenvalue weighted by atomic mass is 35.5. The third kappa shape index (κ3) is 2.47. The molecule has 2 aromatic rings. The van der Waals surface area contributed by atoms with E-state index in [4.69, 9.17) is 21.2 Å². The topological polar surface area (TPSA) is 68.2 Å². The van der Waals surface area contributed by atoms with E-state index in [9.17, 15) is 14.0 Å². The molecule has 1 saturated heterocycles. The molecule has 0 radical (unpaired) electrons. The largest absolute Gasteiger partial charge is 0.497 e. The summed E-state index contributed by atoms with van der Waals surface area (Å²) < 4.78 is 18.8. The Morgan fingerprint density at radius 3 is 2.45 bits per heavy atom. The van der Waals surface area contributed by atoms with Crippen LogP contribution in [0, 0.1) is 35.4 Å². The Hall–Kier alpha value is -2.93. The maximum Gasteiger partial charge on any atom is 0.238 e. The summed E-state index contributed by atoms with van der Waals surface area (Å²) in [6.45, 7) is 0. The maximum atomic E-state index is 13.6. The van der Waals surface area contributed by atoms with Gasteiger partial charge >= 0.3 is 0 Å². The van der Waals surface area contributed by atoms with Gasteiger partial charge in [-0.2, -0.15) is 0 Å². The number of hydrogen-bond acceptors (Lipinski definition) is 5. The summed E-state index contributed by atoms with van der Waals surface area (Å²) in [6.07, 6.45) is 0.548. The zero-order valence-corrected chi connectivity index (χ0v) is 17.3. The standard InChI is InChI=1S/C23H18ClFN2O4/c1-30-12-5-2-10(3-6-12)20-19-13-9-14(21(19)31-26-20)18-17(13)22(28)27(23(18)29)11-4-7-16(25)15(24)8-11/h2-8,13-14,17-19,21H,9H2,1H3/t13-,14+,17+,18-,19+,21+/m1/s1. The predicted octanol–water partition coefficient (Wildman–Crippen LogP) is 3.66. The van der Waals surface area contributed by atoms with Gasteiger partial charge < -0.3 is 9.57 Å². The Morgan fingerprint density at radius 1 is 1.06 bits per heavy atom. The highest BCUT2D eigenvalue weighted by Crippen LogP contribution is 2.62. The van der Waals surface area contributed by atoms with Crippen LogP contribution in [0.1, 0.15) is 12.0 Å². The van der Waals surface area contributed by atoms with Crippen LogP contribution in [-0.4, -0.2) is 30.7 Å². The van der Waals surface area contributed by atoms with E-state index < -0.39 is 17.7 Å². The van der Waals surface area contributed by atoms with Crippen LogP contribution in [0.15, 0.2) is 47.6 Å². The van der Waals surface area contributed by atoms with E-state index in [0.29, 0.717) is 5.69 Å². The maximum absolute atomic E-state index is 13.6. The first-order valence-corrected chi connectivity index (χ1v) is 10.6. The summed E-state index contributed by atoms with van der Waals surface area (Å²) in [5.74, 6) is -1.34. The van der Waals surface area contributed by atoms with Crippen LogP contribution >= 0.6 is 11.6 Å². The molecule has 0 aromatic heterocycles. The number of oxime groups is 1. The second kappa shape index (κ2) is 6.53. The molecule has 2 aliphatic carbocycles. The zero-order chi connectivity index (χ0) is 21.4. The number of halogens is 2. The minimum atomic E-state index is -0.590.